The topological polar surface area (TPSA) is 68.4 Å². The van der Waals surface area contributed by atoms with E-state index in [0.29, 0.717) is 5.39 Å². The fourth-order valence-electron chi connectivity index (χ4n) is 3.59. The predicted molar refractivity (Wildman–Crippen MR) is 86.0 cm³/mol. The Morgan fingerprint density at radius 2 is 2.00 bits per heavy atom. The third kappa shape index (κ3) is 2.21. The number of carbonyl (C=O) groups is 2. The molecule has 0 unspecified atom stereocenters. The average molecular weight is 331 g/mol. The van der Waals surface area contributed by atoms with Gasteiger partial charge in [0.2, 0.25) is 0 Å². The summed E-state index contributed by atoms with van der Waals surface area (Å²) < 4.78 is 23.4. The van der Waals surface area contributed by atoms with Crippen LogP contribution in [0.2, 0.25) is 0 Å². The van der Waals surface area contributed by atoms with Crippen molar-refractivity contribution in [2.45, 2.75) is 18.8 Å². The first-order chi connectivity index (χ1) is 11.5. The van der Waals surface area contributed by atoms with E-state index in [2.05, 4.69) is 11.6 Å². The van der Waals surface area contributed by atoms with Crippen LogP contribution in [-0.4, -0.2) is 31.1 Å². The molecule has 0 saturated carbocycles. The van der Waals surface area contributed by atoms with E-state index in [4.69, 9.17) is 9.47 Å². The summed E-state index contributed by atoms with van der Waals surface area (Å²) in [5.74, 6) is -1.97. The maximum absolute atomic E-state index is 13.7. The number of carbonyl (C=O) groups excluding carboxylic acids is 2. The van der Waals surface area contributed by atoms with Crippen LogP contribution in [0.3, 0.4) is 0 Å². The Hall–Kier alpha value is -2.63. The molecule has 1 atom stereocenters. The highest BCUT2D eigenvalue weighted by Crippen LogP contribution is 2.46. The zero-order valence-corrected chi connectivity index (χ0v) is 13.5. The van der Waals surface area contributed by atoms with E-state index in [1.54, 1.807) is 12.1 Å². The fourth-order valence-corrected chi connectivity index (χ4v) is 3.59. The number of methoxy groups -OCH3 is 2. The lowest BCUT2D eigenvalue weighted by Crippen LogP contribution is -2.46. The van der Waals surface area contributed by atoms with E-state index in [1.165, 1.54) is 26.4 Å². The number of hydrogen-bond donors (Lipinski definition) is 1. The molecule has 1 aromatic heterocycles. The number of esters is 2. The normalized spacial score (nSPS) is 18.7. The largest absolute Gasteiger partial charge is 0.468 e. The first-order valence-electron chi connectivity index (χ1n) is 7.56. The molecule has 1 aliphatic carbocycles. The molecule has 126 valence electrons. The monoisotopic (exact) mass is 331 g/mol. The molecule has 2 aromatic rings. The molecule has 0 amide bonds. The van der Waals surface area contributed by atoms with Crippen molar-refractivity contribution in [2.24, 2.45) is 5.41 Å². The molecule has 0 fully saturated rings. The molecule has 1 aliphatic rings. The quantitative estimate of drug-likeness (QED) is 0.533. The summed E-state index contributed by atoms with van der Waals surface area (Å²) in [4.78, 5) is 28.1. The van der Waals surface area contributed by atoms with Crippen molar-refractivity contribution in [1.29, 1.82) is 0 Å². The van der Waals surface area contributed by atoms with E-state index in [0.717, 1.165) is 16.8 Å². The number of nitrogens with one attached hydrogen (secondary N) is 1. The van der Waals surface area contributed by atoms with Gasteiger partial charge in [0.05, 0.1) is 14.2 Å². The van der Waals surface area contributed by atoms with Crippen molar-refractivity contribution in [3.8, 4) is 0 Å². The van der Waals surface area contributed by atoms with Gasteiger partial charge in [-0.25, -0.2) is 4.39 Å². The molecule has 0 saturated heterocycles. The molecule has 0 spiro atoms. The number of rotatable bonds is 3. The molecule has 3 rings (SSSR count). The van der Waals surface area contributed by atoms with Gasteiger partial charge in [0.1, 0.15) is 5.82 Å². The van der Waals surface area contributed by atoms with E-state index in [9.17, 15) is 14.0 Å². The molecule has 1 aromatic carbocycles. The molecule has 0 aliphatic heterocycles. The summed E-state index contributed by atoms with van der Waals surface area (Å²) in [6.07, 6.45) is 1.96. The highest BCUT2D eigenvalue weighted by Gasteiger charge is 2.53. The van der Waals surface area contributed by atoms with Crippen molar-refractivity contribution in [3.63, 3.8) is 0 Å². The summed E-state index contributed by atoms with van der Waals surface area (Å²) in [5, 5.41) is 0.647. The second kappa shape index (κ2) is 5.78. The van der Waals surface area contributed by atoms with Crippen LogP contribution in [0, 0.1) is 11.2 Å². The predicted octanol–water partition coefficient (Wildman–Crippen LogP) is 2.86. The summed E-state index contributed by atoms with van der Waals surface area (Å²) in [5.41, 5.74) is 0.848. The van der Waals surface area contributed by atoms with Crippen molar-refractivity contribution in [3.05, 3.63) is 47.9 Å². The van der Waals surface area contributed by atoms with Gasteiger partial charge in [-0.3, -0.25) is 9.59 Å². The maximum Gasteiger partial charge on any atom is 0.323 e. The standard InChI is InChI=1S/C18H18FNO4/c1-4-10-8-18(16(21)23-2,17(22)24-3)9-13-12-7-11(19)5-6-14(12)20-15(10)13/h4-7,10,20H,1,8-9H2,2-3H3/t10-/m0/s1. The Balaban J connectivity index is 2.25. The van der Waals surface area contributed by atoms with Gasteiger partial charge >= 0.3 is 11.9 Å². The number of fused-ring (bicyclic) bond motifs is 3. The molecular weight excluding hydrogens is 313 g/mol. The van der Waals surface area contributed by atoms with Gasteiger partial charge in [0.25, 0.3) is 0 Å². The smallest absolute Gasteiger partial charge is 0.323 e. The van der Waals surface area contributed by atoms with Gasteiger partial charge in [0.15, 0.2) is 5.41 Å². The summed E-state index contributed by atoms with van der Waals surface area (Å²) in [6, 6.07) is 4.40. The molecule has 1 N–H and O–H groups in total. The number of allylic oxidation sites excluding steroid dienone is 1. The minimum Gasteiger partial charge on any atom is -0.468 e. The zero-order valence-electron chi connectivity index (χ0n) is 13.5. The number of benzene rings is 1. The van der Waals surface area contributed by atoms with Gasteiger partial charge < -0.3 is 14.5 Å². The first kappa shape index (κ1) is 16.2. The Labute approximate surface area is 138 Å². The molecule has 1 heterocycles. The van der Waals surface area contributed by atoms with Crippen LogP contribution in [0.4, 0.5) is 4.39 Å². The fraction of sp³-hybridized carbons (Fsp3) is 0.333. The average Bonchev–Trinajstić information content (AvgIpc) is 2.96. The van der Waals surface area contributed by atoms with Crippen molar-refractivity contribution < 1.29 is 23.5 Å². The van der Waals surface area contributed by atoms with Crippen LogP contribution in [-0.2, 0) is 25.5 Å². The zero-order chi connectivity index (χ0) is 17.5. The summed E-state index contributed by atoms with van der Waals surface area (Å²) in [6.45, 7) is 3.81. The highest BCUT2D eigenvalue weighted by atomic mass is 19.1. The lowest BCUT2D eigenvalue weighted by atomic mass is 9.68. The molecule has 0 bridgehead atoms. The molecule has 6 heteroatoms. The van der Waals surface area contributed by atoms with E-state index in [1.807, 2.05) is 0 Å². The second-order valence-corrected chi connectivity index (χ2v) is 6.00. The van der Waals surface area contributed by atoms with Crippen LogP contribution < -0.4 is 0 Å². The van der Waals surface area contributed by atoms with E-state index >= 15 is 0 Å². The molecule has 24 heavy (non-hydrogen) atoms. The van der Waals surface area contributed by atoms with Crippen LogP contribution in [0.5, 0.6) is 0 Å². The molecule has 5 nitrogen and oxygen atoms in total. The van der Waals surface area contributed by atoms with Crippen molar-refractivity contribution in [2.75, 3.05) is 14.2 Å². The number of halogens is 1. The third-order valence-corrected chi connectivity index (χ3v) is 4.76. The number of ether oxygens (including phenoxy) is 2. The van der Waals surface area contributed by atoms with Gasteiger partial charge in [-0.15, -0.1) is 6.58 Å². The second-order valence-electron chi connectivity index (χ2n) is 6.00. The van der Waals surface area contributed by atoms with Gasteiger partial charge in [-0.1, -0.05) is 6.08 Å². The lowest BCUT2D eigenvalue weighted by Gasteiger charge is -2.35. The number of aromatic amines is 1. The van der Waals surface area contributed by atoms with Crippen molar-refractivity contribution >= 4 is 22.8 Å². The first-order valence-corrected chi connectivity index (χ1v) is 7.56. The number of H-pyrrole nitrogens is 1. The third-order valence-electron chi connectivity index (χ3n) is 4.76. The van der Waals surface area contributed by atoms with Crippen molar-refractivity contribution in [1.82, 2.24) is 4.98 Å². The van der Waals surface area contributed by atoms with Crippen LogP contribution in [0.1, 0.15) is 23.6 Å². The lowest BCUT2D eigenvalue weighted by molar-refractivity contribution is -0.170. The molecular formula is C18H18FNO4. The number of hydrogen-bond acceptors (Lipinski definition) is 4. The van der Waals surface area contributed by atoms with E-state index < -0.39 is 17.4 Å². The highest BCUT2D eigenvalue weighted by molar-refractivity contribution is 6.02. The van der Waals surface area contributed by atoms with Crippen LogP contribution in [0.15, 0.2) is 30.9 Å². The Morgan fingerprint density at radius 1 is 1.33 bits per heavy atom. The van der Waals surface area contributed by atoms with Crippen LogP contribution >= 0.6 is 0 Å². The molecule has 0 radical (unpaired) electrons. The minimum atomic E-state index is -1.46. The number of aromatic nitrogens is 1. The van der Waals surface area contributed by atoms with Gasteiger partial charge in [-0.2, -0.15) is 0 Å². The van der Waals surface area contributed by atoms with E-state index in [-0.39, 0.29) is 24.6 Å². The summed E-state index contributed by atoms with van der Waals surface area (Å²) >= 11 is 0. The maximum atomic E-state index is 13.7. The van der Waals surface area contributed by atoms with Crippen LogP contribution in [0.25, 0.3) is 10.9 Å². The van der Waals surface area contributed by atoms with Gasteiger partial charge in [-0.05, 0) is 30.2 Å². The Bertz CT molecular complexity index is 823. The Morgan fingerprint density at radius 3 is 2.58 bits per heavy atom. The SMILES string of the molecule is C=C[C@H]1CC(C(=O)OC)(C(=O)OC)Cc2c1[nH]c1ccc(F)cc21. The van der Waals surface area contributed by atoms with Gasteiger partial charge in [0, 0.05) is 28.9 Å². The minimum absolute atomic E-state index is 0.0927. The summed E-state index contributed by atoms with van der Waals surface area (Å²) in [7, 11) is 2.47. The Kier molecular flexibility index (Phi) is 3.91.